The fourth-order valence-electron chi connectivity index (χ4n) is 1.53. The van der Waals surface area contributed by atoms with Gasteiger partial charge in [-0.2, -0.15) is 5.26 Å². The topological polar surface area (TPSA) is 57.9 Å². The summed E-state index contributed by atoms with van der Waals surface area (Å²) in [5, 5.41) is 8.16. The minimum Gasteiger partial charge on any atom is -0.222 e. The SMILES string of the molecule is CCC(C)C(C#N)S(=O)(=O)c1ccccc1Cl. The Kier molecular flexibility index (Phi) is 4.55. The summed E-state index contributed by atoms with van der Waals surface area (Å²) >= 11 is 5.87. The van der Waals surface area contributed by atoms with Gasteiger partial charge >= 0.3 is 0 Å². The summed E-state index contributed by atoms with van der Waals surface area (Å²) in [7, 11) is -3.69. The Morgan fingerprint density at radius 1 is 1.41 bits per heavy atom. The van der Waals surface area contributed by atoms with Gasteiger partial charge in [-0.25, -0.2) is 8.42 Å². The van der Waals surface area contributed by atoms with Crippen LogP contribution in [0, 0.1) is 17.2 Å². The van der Waals surface area contributed by atoms with E-state index in [1.165, 1.54) is 12.1 Å². The highest BCUT2D eigenvalue weighted by Gasteiger charge is 2.32. The second-order valence-corrected chi connectivity index (χ2v) is 6.36. The Morgan fingerprint density at radius 3 is 2.47 bits per heavy atom. The smallest absolute Gasteiger partial charge is 0.196 e. The molecule has 0 fully saturated rings. The molecular formula is C12H14ClNO2S. The standard InChI is InChI=1S/C12H14ClNO2S/c1-3-9(2)12(8-14)17(15,16)11-7-5-4-6-10(11)13/h4-7,9,12H,3H2,1-2H3. The number of rotatable bonds is 4. The van der Waals surface area contributed by atoms with Gasteiger partial charge in [-0.3, -0.25) is 0 Å². The van der Waals surface area contributed by atoms with Crippen molar-refractivity contribution >= 4 is 21.4 Å². The molecule has 0 N–H and O–H groups in total. The quantitative estimate of drug-likeness (QED) is 0.846. The van der Waals surface area contributed by atoms with Crippen LogP contribution in [0.4, 0.5) is 0 Å². The normalized spacial score (nSPS) is 14.9. The first-order valence-corrected chi connectivity index (χ1v) is 7.25. The Bertz CT molecular complexity index is 534. The van der Waals surface area contributed by atoms with Crippen LogP contribution in [0.25, 0.3) is 0 Å². The van der Waals surface area contributed by atoms with Gasteiger partial charge in [0.1, 0.15) is 0 Å². The number of hydrogen-bond acceptors (Lipinski definition) is 3. The maximum absolute atomic E-state index is 12.3. The van der Waals surface area contributed by atoms with Gasteiger partial charge in [0.15, 0.2) is 15.1 Å². The third kappa shape index (κ3) is 2.80. The number of hydrogen-bond donors (Lipinski definition) is 0. The van der Waals surface area contributed by atoms with Gasteiger partial charge in [0, 0.05) is 0 Å². The molecule has 0 spiro atoms. The van der Waals surface area contributed by atoms with Gasteiger partial charge in [-0.15, -0.1) is 0 Å². The maximum atomic E-state index is 12.3. The van der Waals surface area contributed by atoms with Crippen molar-refractivity contribution in [3.05, 3.63) is 29.3 Å². The van der Waals surface area contributed by atoms with E-state index in [4.69, 9.17) is 16.9 Å². The molecular weight excluding hydrogens is 258 g/mol. The molecule has 0 bridgehead atoms. The second-order valence-electron chi connectivity index (χ2n) is 3.91. The van der Waals surface area contributed by atoms with E-state index in [9.17, 15) is 8.42 Å². The highest BCUT2D eigenvalue weighted by Crippen LogP contribution is 2.28. The first-order valence-electron chi connectivity index (χ1n) is 5.33. The van der Waals surface area contributed by atoms with Crippen molar-refractivity contribution in [1.82, 2.24) is 0 Å². The van der Waals surface area contributed by atoms with Gasteiger partial charge in [0.05, 0.1) is 16.0 Å². The Hall–Kier alpha value is -1.05. The second kappa shape index (κ2) is 5.52. The molecule has 0 aromatic heterocycles. The molecule has 0 radical (unpaired) electrons. The minimum absolute atomic E-state index is 0.0357. The van der Waals surface area contributed by atoms with Crippen molar-refractivity contribution < 1.29 is 8.42 Å². The van der Waals surface area contributed by atoms with E-state index in [1.807, 2.05) is 13.0 Å². The number of nitrogens with zero attached hydrogens (tertiary/aromatic N) is 1. The summed E-state index contributed by atoms with van der Waals surface area (Å²) < 4.78 is 24.6. The molecule has 0 saturated carbocycles. The van der Waals surface area contributed by atoms with Crippen molar-refractivity contribution in [3.8, 4) is 6.07 Å². The molecule has 2 unspecified atom stereocenters. The van der Waals surface area contributed by atoms with E-state index in [1.54, 1.807) is 19.1 Å². The molecule has 0 heterocycles. The number of benzene rings is 1. The molecule has 3 nitrogen and oxygen atoms in total. The first kappa shape index (κ1) is 14.0. The van der Waals surface area contributed by atoms with E-state index in [0.29, 0.717) is 6.42 Å². The molecule has 0 aliphatic carbocycles. The van der Waals surface area contributed by atoms with Gasteiger partial charge < -0.3 is 0 Å². The van der Waals surface area contributed by atoms with Crippen LogP contribution in [0.5, 0.6) is 0 Å². The van der Waals surface area contributed by atoms with Gasteiger partial charge in [-0.05, 0) is 18.1 Å². The van der Waals surface area contributed by atoms with Crippen LogP contribution in [0.2, 0.25) is 5.02 Å². The van der Waals surface area contributed by atoms with E-state index < -0.39 is 15.1 Å². The summed E-state index contributed by atoms with van der Waals surface area (Å²) in [6.45, 7) is 3.61. The van der Waals surface area contributed by atoms with E-state index in [-0.39, 0.29) is 15.8 Å². The predicted octanol–water partition coefficient (Wildman–Crippen LogP) is 3.05. The monoisotopic (exact) mass is 271 g/mol. The highest BCUT2D eigenvalue weighted by atomic mass is 35.5. The zero-order valence-corrected chi connectivity index (χ0v) is 11.3. The van der Waals surface area contributed by atoms with Crippen LogP contribution < -0.4 is 0 Å². The maximum Gasteiger partial charge on any atom is 0.196 e. The van der Waals surface area contributed by atoms with Gasteiger partial charge in [0.25, 0.3) is 0 Å². The summed E-state index contributed by atoms with van der Waals surface area (Å²) in [5.74, 6) is -0.221. The van der Waals surface area contributed by atoms with E-state index >= 15 is 0 Å². The fourth-order valence-corrected chi connectivity index (χ4v) is 3.81. The number of nitriles is 1. The average molecular weight is 272 g/mol. The molecule has 1 rings (SSSR count). The summed E-state index contributed by atoms with van der Waals surface area (Å²) in [5.41, 5.74) is 0. The minimum atomic E-state index is -3.69. The third-order valence-electron chi connectivity index (χ3n) is 2.77. The highest BCUT2D eigenvalue weighted by molar-refractivity contribution is 7.92. The largest absolute Gasteiger partial charge is 0.222 e. The van der Waals surface area contributed by atoms with Gasteiger partial charge in [-0.1, -0.05) is 44.0 Å². The zero-order chi connectivity index (χ0) is 13.1. The fraction of sp³-hybridized carbons (Fsp3) is 0.417. The number of halogens is 1. The van der Waals surface area contributed by atoms with Crippen LogP contribution in [0.3, 0.4) is 0 Å². The van der Waals surface area contributed by atoms with Crippen LogP contribution >= 0.6 is 11.6 Å². The molecule has 1 aromatic rings. The average Bonchev–Trinajstić information content (AvgIpc) is 2.29. The van der Waals surface area contributed by atoms with Crippen molar-refractivity contribution in [3.63, 3.8) is 0 Å². The van der Waals surface area contributed by atoms with E-state index in [0.717, 1.165) is 0 Å². The Morgan fingerprint density at radius 2 is 2.00 bits per heavy atom. The molecule has 1 aromatic carbocycles. The molecule has 5 heteroatoms. The molecule has 0 aliphatic rings. The van der Waals surface area contributed by atoms with Crippen molar-refractivity contribution in [2.24, 2.45) is 5.92 Å². The molecule has 0 amide bonds. The van der Waals surface area contributed by atoms with E-state index in [2.05, 4.69) is 0 Å². The molecule has 0 aliphatic heterocycles. The Labute approximate surface area is 107 Å². The Balaban J connectivity index is 3.29. The van der Waals surface area contributed by atoms with Crippen LogP contribution in [0.1, 0.15) is 20.3 Å². The summed E-state index contributed by atoms with van der Waals surface area (Å²) in [4.78, 5) is 0.0357. The molecule has 0 saturated heterocycles. The van der Waals surface area contributed by atoms with Crippen LogP contribution in [0.15, 0.2) is 29.2 Å². The van der Waals surface area contributed by atoms with Gasteiger partial charge in [0.2, 0.25) is 0 Å². The molecule has 92 valence electrons. The molecule has 2 atom stereocenters. The number of sulfone groups is 1. The third-order valence-corrected chi connectivity index (χ3v) is 5.41. The molecule has 17 heavy (non-hydrogen) atoms. The lowest BCUT2D eigenvalue weighted by Crippen LogP contribution is -2.26. The lowest BCUT2D eigenvalue weighted by Gasteiger charge is -2.17. The lowest BCUT2D eigenvalue weighted by molar-refractivity contribution is 0.533. The van der Waals surface area contributed by atoms with Crippen molar-refractivity contribution in [2.45, 2.75) is 30.4 Å². The lowest BCUT2D eigenvalue weighted by atomic mass is 10.1. The van der Waals surface area contributed by atoms with Crippen LogP contribution in [-0.2, 0) is 9.84 Å². The first-order chi connectivity index (χ1) is 7.95. The van der Waals surface area contributed by atoms with Crippen molar-refractivity contribution in [1.29, 1.82) is 5.26 Å². The van der Waals surface area contributed by atoms with Crippen LogP contribution in [-0.4, -0.2) is 13.7 Å². The zero-order valence-electron chi connectivity index (χ0n) is 9.72. The summed E-state index contributed by atoms with van der Waals surface area (Å²) in [6.07, 6.45) is 0.627. The van der Waals surface area contributed by atoms with Crippen molar-refractivity contribution in [2.75, 3.05) is 0 Å². The summed E-state index contributed by atoms with van der Waals surface area (Å²) in [6, 6.07) is 8.08. The predicted molar refractivity (Wildman–Crippen MR) is 67.5 cm³/mol.